The lowest BCUT2D eigenvalue weighted by atomic mass is 9.75. The van der Waals surface area contributed by atoms with E-state index in [1.54, 1.807) is 0 Å². The number of nitriles is 1. The quantitative estimate of drug-likeness (QED) is 0.903. The number of carbonyl (C=O) groups excluding carboxylic acids is 2. The molecular weight excluding hydrogens is 298 g/mol. The van der Waals surface area contributed by atoms with Crippen molar-refractivity contribution in [3.63, 3.8) is 0 Å². The Hall–Kier alpha value is -2.65. The largest absolute Gasteiger partial charge is 0.390 e. The average molecular weight is 311 g/mol. The lowest BCUT2D eigenvalue weighted by molar-refractivity contribution is 0.0907. The zero-order chi connectivity index (χ0) is 15.9. The normalized spacial score (nSPS) is 19.7. The van der Waals surface area contributed by atoms with Crippen molar-refractivity contribution in [2.45, 2.75) is 18.3 Å². The minimum Gasteiger partial charge on any atom is -0.390 e. The van der Waals surface area contributed by atoms with E-state index in [0.29, 0.717) is 10.4 Å². The van der Waals surface area contributed by atoms with E-state index in [-0.39, 0.29) is 29.2 Å². The molecule has 1 aromatic carbocycles. The van der Waals surface area contributed by atoms with Gasteiger partial charge in [-0.2, -0.15) is 5.26 Å². The summed E-state index contributed by atoms with van der Waals surface area (Å²) in [5, 5.41) is 9.47. The lowest BCUT2D eigenvalue weighted by Gasteiger charge is -2.25. The molecule has 1 heterocycles. The van der Waals surface area contributed by atoms with Crippen LogP contribution in [0.3, 0.4) is 0 Å². The van der Waals surface area contributed by atoms with Crippen molar-refractivity contribution in [3.05, 3.63) is 51.9 Å². The summed E-state index contributed by atoms with van der Waals surface area (Å²) in [4.78, 5) is 25.0. The van der Waals surface area contributed by atoms with Crippen molar-refractivity contribution >= 4 is 28.0 Å². The van der Waals surface area contributed by atoms with Crippen LogP contribution >= 0.6 is 11.3 Å². The Morgan fingerprint density at radius 2 is 2.05 bits per heavy atom. The molecule has 0 fully saturated rings. The molecule has 0 aliphatic heterocycles. The van der Waals surface area contributed by atoms with Crippen LogP contribution in [0.4, 0.5) is 5.00 Å². The van der Waals surface area contributed by atoms with E-state index in [1.165, 1.54) is 0 Å². The van der Waals surface area contributed by atoms with Crippen molar-refractivity contribution in [2.75, 3.05) is 5.73 Å². The summed E-state index contributed by atoms with van der Waals surface area (Å²) in [6.07, 6.45) is 0.333. The van der Waals surface area contributed by atoms with E-state index in [0.717, 1.165) is 16.9 Å². The smallest absolute Gasteiger partial charge is 0.251 e. The molecule has 0 saturated carbocycles. The molecule has 1 aromatic heterocycles. The van der Waals surface area contributed by atoms with E-state index < -0.39 is 11.3 Å². The van der Waals surface area contributed by atoms with Crippen LogP contribution in [0.25, 0.3) is 0 Å². The maximum atomic E-state index is 12.9. The molecule has 2 aromatic rings. The van der Waals surface area contributed by atoms with Crippen molar-refractivity contribution in [3.8, 4) is 6.07 Å². The summed E-state index contributed by atoms with van der Waals surface area (Å²) in [7, 11) is 0. The van der Waals surface area contributed by atoms with Gasteiger partial charge in [0.15, 0.2) is 5.78 Å². The number of carbonyl (C=O) groups is 2. The van der Waals surface area contributed by atoms with Crippen LogP contribution in [0.15, 0.2) is 30.3 Å². The highest BCUT2D eigenvalue weighted by molar-refractivity contribution is 7.18. The minimum absolute atomic E-state index is 0.0509. The molecule has 0 bridgehead atoms. The molecule has 1 unspecified atom stereocenters. The van der Waals surface area contributed by atoms with Crippen LogP contribution < -0.4 is 11.5 Å². The SMILES string of the molecule is N#CCC1(c2ccccc2)Cc2c(sc(N)c2C(N)=O)C1=O. The maximum absolute atomic E-state index is 12.9. The van der Waals surface area contributed by atoms with Crippen LogP contribution in [0.2, 0.25) is 0 Å². The highest BCUT2D eigenvalue weighted by atomic mass is 32.1. The van der Waals surface area contributed by atoms with Gasteiger partial charge in [-0.05, 0) is 17.5 Å². The first-order valence-electron chi connectivity index (χ1n) is 6.69. The number of hydrogen-bond donors (Lipinski definition) is 2. The highest BCUT2D eigenvalue weighted by Gasteiger charge is 2.49. The predicted octanol–water partition coefficient (Wildman–Crippen LogP) is 2.02. The van der Waals surface area contributed by atoms with Crippen molar-refractivity contribution in [2.24, 2.45) is 5.73 Å². The number of nitrogens with two attached hydrogens (primary N) is 2. The number of nitrogens with zero attached hydrogens (tertiary/aromatic N) is 1. The van der Waals surface area contributed by atoms with Crippen molar-refractivity contribution in [1.82, 2.24) is 0 Å². The number of thiophene rings is 1. The highest BCUT2D eigenvalue weighted by Crippen LogP contribution is 2.48. The van der Waals surface area contributed by atoms with Crippen LogP contribution in [0.5, 0.6) is 0 Å². The van der Waals surface area contributed by atoms with Crippen LogP contribution in [0, 0.1) is 11.3 Å². The molecular formula is C16H13N3O2S. The molecule has 6 heteroatoms. The fraction of sp³-hybridized carbons (Fsp3) is 0.188. The minimum atomic E-state index is -0.949. The van der Waals surface area contributed by atoms with Gasteiger partial charge in [0.1, 0.15) is 0 Å². The van der Waals surface area contributed by atoms with E-state index in [2.05, 4.69) is 6.07 Å². The predicted molar refractivity (Wildman–Crippen MR) is 83.6 cm³/mol. The van der Waals surface area contributed by atoms with E-state index in [1.807, 2.05) is 30.3 Å². The molecule has 0 saturated heterocycles. The van der Waals surface area contributed by atoms with Gasteiger partial charge in [-0.15, -0.1) is 11.3 Å². The Morgan fingerprint density at radius 1 is 1.36 bits per heavy atom. The summed E-state index contributed by atoms with van der Waals surface area (Å²) < 4.78 is 0. The average Bonchev–Trinajstić information content (AvgIpc) is 2.95. The number of nitrogen functional groups attached to an aromatic ring is 1. The topological polar surface area (TPSA) is 110 Å². The first-order valence-corrected chi connectivity index (χ1v) is 7.51. The summed E-state index contributed by atoms with van der Waals surface area (Å²) in [6.45, 7) is 0. The van der Waals surface area contributed by atoms with Gasteiger partial charge >= 0.3 is 0 Å². The number of hydrogen-bond acceptors (Lipinski definition) is 5. The van der Waals surface area contributed by atoms with Gasteiger partial charge in [0, 0.05) is 0 Å². The number of anilines is 1. The number of ketones is 1. The Labute approximate surface area is 131 Å². The van der Waals surface area contributed by atoms with Crippen molar-refractivity contribution in [1.29, 1.82) is 5.26 Å². The first kappa shape index (κ1) is 14.3. The summed E-state index contributed by atoms with van der Waals surface area (Å²) in [5.41, 5.74) is 11.8. The molecule has 1 atom stereocenters. The number of benzene rings is 1. The monoisotopic (exact) mass is 311 g/mol. The first-order chi connectivity index (χ1) is 10.5. The van der Waals surface area contributed by atoms with Gasteiger partial charge in [0.2, 0.25) is 0 Å². The van der Waals surface area contributed by atoms with Crippen LogP contribution in [0.1, 0.15) is 37.6 Å². The Bertz CT molecular complexity index is 820. The fourth-order valence-electron chi connectivity index (χ4n) is 3.08. The Balaban J connectivity index is 2.19. The summed E-state index contributed by atoms with van der Waals surface area (Å²) in [6, 6.07) is 11.3. The number of Topliss-reactive ketones (excluding diaryl/α,β-unsaturated/α-hetero) is 1. The molecule has 4 N–H and O–H groups in total. The molecule has 1 aliphatic rings. The molecule has 0 radical (unpaired) electrons. The van der Waals surface area contributed by atoms with Crippen LogP contribution in [-0.4, -0.2) is 11.7 Å². The lowest BCUT2D eigenvalue weighted by Crippen LogP contribution is -2.33. The maximum Gasteiger partial charge on any atom is 0.251 e. The Morgan fingerprint density at radius 3 is 2.64 bits per heavy atom. The van der Waals surface area contributed by atoms with Gasteiger partial charge in [-0.25, -0.2) is 0 Å². The van der Waals surface area contributed by atoms with E-state index in [9.17, 15) is 14.9 Å². The number of rotatable bonds is 3. The third-order valence-corrected chi connectivity index (χ3v) is 5.17. The van der Waals surface area contributed by atoms with Gasteiger partial charge in [-0.1, -0.05) is 30.3 Å². The molecule has 22 heavy (non-hydrogen) atoms. The van der Waals surface area contributed by atoms with E-state index >= 15 is 0 Å². The zero-order valence-corrected chi connectivity index (χ0v) is 12.4. The summed E-state index contributed by atoms with van der Waals surface area (Å²) >= 11 is 1.08. The molecule has 0 spiro atoms. The molecule has 1 amide bonds. The third-order valence-electron chi connectivity index (χ3n) is 4.11. The number of amides is 1. The zero-order valence-electron chi connectivity index (χ0n) is 11.6. The van der Waals surface area contributed by atoms with Crippen LogP contribution in [-0.2, 0) is 11.8 Å². The van der Waals surface area contributed by atoms with Crippen molar-refractivity contribution < 1.29 is 9.59 Å². The molecule has 5 nitrogen and oxygen atoms in total. The van der Waals surface area contributed by atoms with E-state index in [4.69, 9.17) is 11.5 Å². The van der Waals surface area contributed by atoms with Gasteiger partial charge in [-0.3, -0.25) is 9.59 Å². The second kappa shape index (κ2) is 4.97. The van der Waals surface area contributed by atoms with Gasteiger partial charge in [0.05, 0.1) is 33.3 Å². The second-order valence-electron chi connectivity index (χ2n) is 5.30. The number of fused-ring (bicyclic) bond motifs is 1. The summed E-state index contributed by atoms with van der Waals surface area (Å²) in [5.74, 6) is -0.789. The second-order valence-corrected chi connectivity index (χ2v) is 6.35. The Kier molecular flexibility index (Phi) is 3.23. The standard InChI is InChI=1S/C16H13N3O2S/c17-7-6-16(9-4-2-1-3-5-9)8-10-11(14(18)21)15(19)22-12(10)13(16)20/h1-5H,6,8,19H2,(H2,18,21). The number of primary amides is 1. The molecule has 1 aliphatic carbocycles. The fourth-order valence-corrected chi connectivity index (χ4v) is 4.21. The third kappa shape index (κ3) is 1.83. The molecule has 110 valence electrons. The molecule has 3 rings (SSSR count). The van der Waals surface area contributed by atoms with Gasteiger partial charge in [0.25, 0.3) is 5.91 Å². The van der Waals surface area contributed by atoms with Gasteiger partial charge < -0.3 is 11.5 Å².